The number of hydrogen-bond donors (Lipinski definition) is 2. The van der Waals surface area contributed by atoms with Gasteiger partial charge in [0.15, 0.2) is 5.78 Å². The molecule has 0 radical (unpaired) electrons. The summed E-state index contributed by atoms with van der Waals surface area (Å²) in [5.74, 6) is 0.166. The van der Waals surface area contributed by atoms with Crippen LogP contribution in [-0.4, -0.2) is 22.7 Å². The number of ketones is 1. The van der Waals surface area contributed by atoms with Gasteiger partial charge in [0, 0.05) is 23.5 Å². The molecule has 1 heterocycles. The van der Waals surface area contributed by atoms with Crippen LogP contribution in [0.15, 0.2) is 30.5 Å². The molecule has 0 unspecified atom stereocenters. The summed E-state index contributed by atoms with van der Waals surface area (Å²) < 4.78 is 0. The Kier molecular flexibility index (Phi) is 5.97. The fraction of sp³-hybridized carbons (Fsp3) is 0.474. The zero-order chi connectivity index (χ0) is 16.8. The summed E-state index contributed by atoms with van der Waals surface area (Å²) >= 11 is 0. The van der Waals surface area contributed by atoms with Gasteiger partial charge in [-0.1, -0.05) is 38.5 Å². The van der Waals surface area contributed by atoms with E-state index in [4.69, 9.17) is 0 Å². The van der Waals surface area contributed by atoms with E-state index >= 15 is 0 Å². The van der Waals surface area contributed by atoms with Crippen molar-refractivity contribution in [2.45, 2.75) is 52.5 Å². The third-order valence-electron chi connectivity index (χ3n) is 4.49. The molecule has 2 aromatic rings. The van der Waals surface area contributed by atoms with Crippen LogP contribution in [0.3, 0.4) is 0 Å². The molecular weight excluding hydrogens is 288 g/mol. The number of aryl methyl sites for hydroxylation is 1. The maximum absolute atomic E-state index is 12.1. The highest BCUT2D eigenvalue weighted by Gasteiger charge is 2.22. The van der Waals surface area contributed by atoms with E-state index in [0.29, 0.717) is 6.42 Å². The first-order valence-corrected chi connectivity index (χ1v) is 8.37. The van der Waals surface area contributed by atoms with Gasteiger partial charge in [-0.2, -0.15) is 0 Å². The van der Waals surface area contributed by atoms with Crippen molar-refractivity contribution in [2.24, 2.45) is 5.92 Å². The Morgan fingerprint density at radius 2 is 2.00 bits per heavy atom. The second-order valence-corrected chi connectivity index (χ2v) is 6.25. The number of aromatic amines is 1. The summed E-state index contributed by atoms with van der Waals surface area (Å²) in [5.41, 5.74) is 2.36. The maximum Gasteiger partial charge on any atom is 0.220 e. The number of Topliss-reactive ketones (excluding diaryl/α,β-unsaturated/α-hetero) is 1. The lowest BCUT2D eigenvalue weighted by molar-refractivity contribution is -0.128. The van der Waals surface area contributed by atoms with E-state index in [1.165, 1.54) is 10.9 Å². The molecule has 124 valence electrons. The maximum atomic E-state index is 12.1. The molecule has 0 spiro atoms. The fourth-order valence-corrected chi connectivity index (χ4v) is 2.90. The summed E-state index contributed by atoms with van der Waals surface area (Å²) in [5, 5.41) is 4.10. The van der Waals surface area contributed by atoms with Gasteiger partial charge in [0.1, 0.15) is 0 Å². The third-order valence-corrected chi connectivity index (χ3v) is 4.49. The van der Waals surface area contributed by atoms with Gasteiger partial charge >= 0.3 is 0 Å². The average molecular weight is 314 g/mol. The van der Waals surface area contributed by atoms with Crippen LogP contribution in [0.2, 0.25) is 0 Å². The molecule has 0 saturated carbocycles. The normalized spacial score (nSPS) is 13.7. The van der Waals surface area contributed by atoms with Crippen molar-refractivity contribution in [1.29, 1.82) is 0 Å². The number of H-pyrrole nitrogens is 1. The Morgan fingerprint density at radius 3 is 2.70 bits per heavy atom. The van der Waals surface area contributed by atoms with E-state index in [0.717, 1.165) is 24.8 Å². The Labute approximate surface area is 137 Å². The van der Waals surface area contributed by atoms with Crippen LogP contribution in [0, 0.1) is 5.92 Å². The molecule has 2 atom stereocenters. The second-order valence-electron chi connectivity index (χ2n) is 6.25. The lowest BCUT2D eigenvalue weighted by Gasteiger charge is -2.21. The summed E-state index contributed by atoms with van der Waals surface area (Å²) in [6.07, 6.45) is 4.96. The van der Waals surface area contributed by atoms with Crippen molar-refractivity contribution in [3.63, 3.8) is 0 Å². The van der Waals surface area contributed by atoms with Gasteiger partial charge in [0.25, 0.3) is 0 Å². The van der Waals surface area contributed by atoms with Crippen molar-refractivity contribution in [1.82, 2.24) is 10.3 Å². The molecule has 23 heavy (non-hydrogen) atoms. The number of nitrogens with one attached hydrogen (secondary N) is 2. The van der Waals surface area contributed by atoms with Crippen LogP contribution >= 0.6 is 0 Å². The highest BCUT2D eigenvalue weighted by atomic mass is 16.2. The average Bonchev–Trinajstić information content (AvgIpc) is 2.95. The van der Waals surface area contributed by atoms with Crippen molar-refractivity contribution in [3.05, 3.63) is 36.0 Å². The molecule has 1 amide bonds. The fourth-order valence-electron chi connectivity index (χ4n) is 2.90. The van der Waals surface area contributed by atoms with E-state index in [2.05, 4.69) is 22.4 Å². The first-order valence-electron chi connectivity index (χ1n) is 8.37. The zero-order valence-electron chi connectivity index (χ0n) is 14.2. The van der Waals surface area contributed by atoms with Crippen LogP contribution in [0.25, 0.3) is 10.9 Å². The number of hydrogen-bond acceptors (Lipinski definition) is 2. The third kappa shape index (κ3) is 4.44. The predicted octanol–water partition coefficient (Wildman–Crippen LogP) is 3.61. The smallest absolute Gasteiger partial charge is 0.220 e. The highest BCUT2D eigenvalue weighted by molar-refractivity contribution is 5.87. The number of fused-ring (bicyclic) bond motifs is 1. The molecule has 1 aromatic carbocycles. The quantitative estimate of drug-likeness (QED) is 0.782. The van der Waals surface area contributed by atoms with E-state index in [1.807, 2.05) is 32.2 Å². The molecule has 1 aromatic heterocycles. The van der Waals surface area contributed by atoms with E-state index in [1.54, 1.807) is 6.92 Å². The number of carbonyl (C=O) groups excluding carboxylic acids is 2. The van der Waals surface area contributed by atoms with Crippen LogP contribution in [0.4, 0.5) is 0 Å². The number of rotatable bonds is 8. The molecular formula is C19H26N2O2. The van der Waals surface area contributed by atoms with Crippen molar-refractivity contribution in [2.75, 3.05) is 0 Å². The molecule has 4 nitrogen and oxygen atoms in total. The topological polar surface area (TPSA) is 62.0 Å². The Balaban J connectivity index is 1.86. The lowest BCUT2D eigenvalue weighted by Crippen LogP contribution is -2.44. The Bertz CT molecular complexity index is 675. The number of para-hydroxylation sites is 1. The van der Waals surface area contributed by atoms with E-state index in [9.17, 15) is 9.59 Å². The van der Waals surface area contributed by atoms with Crippen LogP contribution in [-0.2, 0) is 16.0 Å². The predicted molar refractivity (Wildman–Crippen MR) is 93.3 cm³/mol. The van der Waals surface area contributed by atoms with Gasteiger partial charge in [0.2, 0.25) is 5.91 Å². The minimum absolute atomic E-state index is 0.0318. The largest absolute Gasteiger partial charge is 0.361 e. The SMILES string of the molecule is CC[C@H](C)[C@H](NC(=O)CCCc1c[nH]c2ccccc12)C(C)=O. The summed E-state index contributed by atoms with van der Waals surface area (Å²) in [7, 11) is 0. The molecule has 4 heteroatoms. The standard InChI is InChI=1S/C19H26N2O2/c1-4-13(2)19(14(3)22)21-18(23)11-7-8-15-12-20-17-10-6-5-9-16(15)17/h5-6,9-10,12-13,19-20H,4,7-8,11H2,1-3H3,(H,21,23)/t13-,19-/m0/s1. The Hall–Kier alpha value is -2.10. The number of benzene rings is 1. The molecule has 2 rings (SSSR count). The van der Waals surface area contributed by atoms with Gasteiger partial charge in [-0.15, -0.1) is 0 Å². The van der Waals surface area contributed by atoms with Crippen molar-refractivity contribution in [3.8, 4) is 0 Å². The molecule has 0 aliphatic heterocycles. The summed E-state index contributed by atoms with van der Waals surface area (Å²) in [6.45, 7) is 5.57. The minimum atomic E-state index is -0.361. The van der Waals surface area contributed by atoms with E-state index in [-0.39, 0.29) is 23.7 Å². The lowest BCUT2D eigenvalue weighted by atomic mass is 9.96. The van der Waals surface area contributed by atoms with Crippen molar-refractivity contribution < 1.29 is 9.59 Å². The number of amides is 1. The van der Waals surface area contributed by atoms with Gasteiger partial charge in [-0.3, -0.25) is 9.59 Å². The Morgan fingerprint density at radius 1 is 1.26 bits per heavy atom. The van der Waals surface area contributed by atoms with Gasteiger partial charge < -0.3 is 10.3 Å². The van der Waals surface area contributed by atoms with Crippen LogP contribution in [0.5, 0.6) is 0 Å². The second kappa shape index (κ2) is 7.95. The molecule has 0 bridgehead atoms. The summed E-state index contributed by atoms with van der Waals surface area (Å²) in [4.78, 5) is 27.0. The molecule has 0 saturated heterocycles. The van der Waals surface area contributed by atoms with Crippen LogP contribution < -0.4 is 5.32 Å². The first-order chi connectivity index (χ1) is 11.0. The zero-order valence-corrected chi connectivity index (χ0v) is 14.2. The van der Waals surface area contributed by atoms with Crippen molar-refractivity contribution >= 4 is 22.6 Å². The molecule has 0 aliphatic rings. The van der Waals surface area contributed by atoms with Crippen LogP contribution in [0.1, 0.15) is 45.6 Å². The molecule has 2 N–H and O–H groups in total. The highest BCUT2D eigenvalue weighted by Crippen LogP contribution is 2.19. The number of carbonyl (C=O) groups is 2. The number of aromatic nitrogens is 1. The monoisotopic (exact) mass is 314 g/mol. The summed E-state index contributed by atoms with van der Waals surface area (Å²) in [6, 6.07) is 7.81. The molecule has 0 aliphatic carbocycles. The minimum Gasteiger partial charge on any atom is -0.361 e. The first kappa shape index (κ1) is 17.3. The van der Waals surface area contributed by atoms with Gasteiger partial charge in [-0.25, -0.2) is 0 Å². The van der Waals surface area contributed by atoms with Gasteiger partial charge in [0.05, 0.1) is 6.04 Å². The van der Waals surface area contributed by atoms with Gasteiger partial charge in [-0.05, 0) is 37.3 Å². The van der Waals surface area contributed by atoms with E-state index < -0.39 is 0 Å². The molecule has 0 fully saturated rings.